The number of nitrogens with two attached hydrogens (primary N) is 1. The minimum Gasteiger partial charge on any atom is -0.290 e. The Morgan fingerprint density at radius 1 is 1.28 bits per heavy atom. The van der Waals surface area contributed by atoms with Crippen molar-refractivity contribution in [3.63, 3.8) is 0 Å². The molecule has 0 saturated carbocycles. The molecule has 4 N–H and O–H groups in total. The number of aromatic nitrogens is 2. The van der Waals surface area contributed by atoms with Gasteiger partial charge in [-0.25, -0.2) is 9.97 Å². The van der Waals surface area contributed by atoms with Gasteiger partial charge in [0.05, 0.1) is 9.35 Å². The highest BCUT2D eigenvalue weighted by atomic mass is 79.9. The standard InChI is InChI=1S/C12H8BrN3OS/c13-8-7-10(17)15-12(14)16-11(7)18-9(8)6-4-2-1-3-5-6/h1-5H,(H3,14,15,16,17)/p+1. The smallest absolute Gasteiger partial charge is 0.290 e. The second-order valence-electron chi connectivity index (χ2n) is 3.81. The van der Waals surface area contributed by atoms with Crippen molar-refractivity contribution in [1.82, 2.24) is 4.98 Å². The summed E-state index contributed by atoms with van der Waals surface area (Å²) in [7, 11) is 0. The molecule has 0 amide bonds. The highest BCUT2D eigenvalue weighted by Gasteiger charge is 2.18. The van der Waals surface area contributed by atoms with E-state index < -0.39 is 0 Å². The van der Waals surface area contributed by atoms with E-state index in [0.29, 0.717) is 5.39 Å². The highest BCUT2D eigenvalue weighted by Crippen LogP contribution is 2.38. The fourth-order valence-electron chi connectivity index (χ4n) is 1.82. The zero-order valence-corrected chi connectivity index (χ0v) is 11.6. The average molecular weight is 323 g/mol. The molecule has 3 rings (SSSR count). The van der Waals surface area contributed by atoms with E-state index in [1.807, 2.05) is 30.3 Å². The second kappa shape index (κ2) is 4.22. The van der Waals surface area contributed by atoms with E-state index in [4.69, 9.17) is 5.73 Å². The predicted molar refractivity (Wildman–Crippen MR) is 76.5 cm³/mol. The minimum atomic E-state index is -0.188. The molecule has 1 aromatic carbocycles. The molecule has 18 heavy (non-hydrogen) atoms. The van der Waals surface area contributed by atoms with Crippen molar-refractivity contribution >= 4 is 43.4 Å². The Bertz CT molecular complexity index is 779. The van der Waals surface area contributed by atoms with Crippen molar-refractivity contribution in [2.24, 2.45) is 0 Å². The summed E-state index contributed by atoms with van der Waals surface area (Å²) in [4.78, 5) is 19.2. The zero-order valence-electron chi connectivity index (χ0n) is 9.16. The van der Waals surface area contributed by atoms with Gasteiger partial charge in [0, 0.05) is 0 Å². The average Bonchev–Trinajstić information content (AvgIpc) is 2.67. The molecule has 0 aliphatic carbocycles. The molecular weight excluding hydrogens is 314 g/mol. The van der Waals surface area contributed by atoms with Crippen LogP contribution in [0.25, 0.3) is 20.7 Å². The van der Waals surface area contributed by atoms with Gasteiger partial charge in [-0.3, -0.25) is 10.5 Å². The lowest BCUT2D eigenvalue weighted by Gasteiger charge is -1.96. The van der Waals surface area contributed by atoms with Crippen LogP contribution in [-0.4, -0.2) is 4.98 Å². The molecule has 0 unspecified atom stereocenters. The highest BCUT2D eigenvalue weighted by molar-refractivity contribution is 9.10. The van der Waals surface area contributed by atoms with Crippen LogP contribution in [0, 0.1) is 0 Å². The lowest BCUT2D eigenvalue weighted by Crippen LogP contribution is -2.20. The van der Waals surface area contributed by atoms with Gasteiger partial charge in [0.15, 0.2) is 4.83 Å². The molecule has 0 aliphatic rings. The first-order valence-electron chi connectivity index (χ1n) is 5.25. The van der Waals surface area contributed by atoms with Gasteiger partial charge < -0.3 is 0 Å². The monoisotopic (exact) mass is 322 g/mol. The summed E-state index contributed by atoms with van der Waals surface area (Å²) in [5.74, 6) is 0.265. The van der Waals surface area contributed by atoms with Gasteiger partial charge in [0.25, 0.3) is 0 Å². The zero-order chi connectivity index (χ0) is 12.7. The largest absolute Gasteiger partial charge is 0.354 e. The van der Waals surface area contributed by atoms with E-state index in [1.165, 1.54) is 11.3 Å². The quantitative estimate of drug-likeness (QED) is 0.722. The number of halogens is 1. The third-order valence-corrected chi connectivity index (χ3v) is 4.82. The molecule has 0 bridgehead atoms. The molecule has 0 fully saturated rings. The molecule has 0 spiro atoms. The summed E-state index contributed by atoms with van der Waals surface area (Å²) in [5, 5.41) is 0.605. The van der Waals surface area contributed by atoms with Crippen molar-refractivity contribution in [2.75, 3.05) is 5.73 Å². The van der Waals surface area contributed by atoms with Gasteiger partial charge >= 0.3 is 11.5 Å². The number of hydrogen-bond acceptors (Lipinski definition) is 3. The normalized spacial score (nSPS) is 10.9. The van der Waals surface area contributed by atoms with Crippen molar-refractivity contribution in [3.8, 4) is 10.4 Å². The second-order valence-corrected chi connectivity index (χ2v) is 5.62. The Labute approximate surface area is 115 Å². The van der Waals surface area contributed by atoms with Gasteiger partial charge in [-0.1, -0.05) is 30.3 Å². The first kappa shape index (κ1) is 11.4. The molecule has 3 aromatic rings. The van der Waals surface area contributed by atoms with E-state index in [1.54, 1.807) is 0 Å². The van der Waals surface area contributed by atoms with Crippen molar-refractivity contribution < 1.29 is 4.98 Å². The number of H-pyrrole nitrogens is 2. The number of nitrogen functional groups attached to an aromatic ring is 1. The third-order valence-electron chi connectivity index (χ3n) is 2.61. The predicted octanol–water partition coefficient (Wildman–Crippen LogP) is 2.42. The topological polar surface area (TPSA) is 73.0 Å². The van der Waals surface area contributed by atoms with Gasteiger partial charge in [-0.05, 0) is 21.5 Å². The van der Waals surface area contributed by atoms with Gasteiger partial charge in [0.1, 0.15) is 5.39 Å². The van der Waals surface area contributed by atoms with E-state index in [2.05, 4.69) is 25.9 Å². The van der Waals surface area contributed by atoms with Crippen LogP contribution in [0.1, 0.15) is 0 Å². The van der Waals surface area contributed by atoms with Crippen LogP contribution in [0.4, 0.5) is 5.95 Å². The Hall–Kier alpha value is -1.66. The number of rotatable bonds is 1. The van der Waals surface area contributed by atoms with Crippen LogP contribution in [-0.2, 0) is 0 Å². The molecular formula is C12H9BrN3OS+. The van der Waals surface area contributed by atoms with Crippen LogP contribution in [0.15, 0.2) is 39.6 Å². The van der Waals surface area contributed by atoms with Crippen LogP contribution >= 0.6 is 27.3 Å². The maximum absolute atomic E-state index is 11.9. The number of aromatic amines is 2. The molecule has 0 atom stereocenters. The summed E-state index contributed by atoms with van der Waals surface area (Å²) >= 11 is 5.00. The maximum atomic E-state index is 11.9. The first-order chi connectivity index (χ1) is 8.66. The van der Waals surface area contributed by atoms with Crippen LogP contribution in [0.5, 0.6) is 0 Å². The van der Waals surface area contributed by atoms with Crippen molar-refractivity contribution in [3.05, 3.63) is 45.2 Å². The van der Waals surface area contributed by atoms with Gasteiger partial charge in [-0.2, -0.15) is 0 Å². The Morgan fingerprint density at radius 3 is 2.72 bits per heavy atom. The molecule has 6 heteroatoms. The molecule has 90 valence electrons. The van der Waals surface area contributed by atoms with E-state index in [9.17, 15) is 4.79 Å². The molecule has 4 nitrogen and oxygen atoms in total. The number of fused-ring (bicyclic) bond motifs is 1. The van der Waals surface area contributed by atoms with Gasteiger partial charge in [-0.15, -0.1) is 11.3 Å². The van der Waals surface area contributed by atoms with E-state index in [-0.39, 0.29) is 11.5 Å². The fourth-order valence-corrected chi connectivity index (χ4v) is 3.90. The number of benzene rings is 1. The van der Waals surface area contributed by atoms with Crippen molar-refractivity contribution in [1.29, 1.82) is 0 Å². The minimum absolute atomic E-state index is 0.188. The van der Waals surface area contributed by atoms with Gasteiger partial charge in [0.2, 0.25) is 0 Å². The van der Waals surface area contributed by atoms with E-state index >= 15 is 0 Å². The number of thiophene rings is 1. The fraction of sp³-hybridized carbons (Fsp3) is 0. The lowest BCUT2D eigenvalue weighted by molar-refractivity contribution is -0.327. The Morgan fingerprint density at radius 2 is 2.00 bits per heavy atom. The number of anilines is 1. The summed E-state index contributed by atoms with van der Waals surface area (Å²) in [5.41, 5.74) is 6.48. The van der Waals surface area contributed by atoms with Crippen LogP contribution in [0.2, 0.25) is 0 Å². The van der Waals surface area contributed by atoms with Crippen LogP contribution in [0.3, 0.4) is 0 Å². The summed E-state index contributed by atoms with van der Waals surface area (Å²) in [6, 6.07) is 9.91. The number of nitrogens with one attached hydrogen (secondary N) is 2. The third kappa shape index (κ3) is 1.74. The van der Waals surface area contributed by atoms with Crippen molar-refractivity contribution in [2.45, 2.75) is 0 Å². The molecule has 0 aliphatic heterocycles. The Kier molecular flexibility index (Phi) is 2.68. The van der Waals surface area contributed by atoms with Crippen LogP contribution < -0.4 is 16.3 Å². The maximum Gasteiger partial charge on any atom is 0.354 e. The molecule has 2 aromatic heterocycles. The molecule has 0 saturated heterocycles. The molecule has 2 heterocycles. The Balaban J connectivity index is 2.37. The summed E-state index contributed by atoms with van der Waals surface area (Å²) in [6.45, 7) is 0. The molecule has 0 radical (unpaired) electrons. The van der Waals surface area contributed by atoms with E-state index in [0.717, 1.165) is 19.7 Å². The summed E-state index contributed by atoms with van der Waals surface area (Å²) < 4.78 is 0.797. The SMILES string of the molecule is Nc1[nH]c(=O)c2c(Br)c(-c3ccccc3)sc2[nH+]1. The lowest BCUT2D eigenvalue weighted by atomic mass is 10.2. The number of hydrogen-bond donors (Lipinski definition) is 2. The summed E-state index contributed by atoms with van der Waals surface area (Å²) in [6.07, 6.45) is 0. The first-order valence-corrected chi connectivity index (χ1v) is 6.86.